The summed E-state index contributed by atoms with van der Waals surface area (Å²) in [6.45, 7) is 3.02. The van der Waals surface area contributed by atoms with Crippen LogP contribution in [-0.4, -0.2) is 36.5 Å². The monoisotopic (exact) mass is 405 g/mol. The van der Waals surface area contributed by atoms with Gasteiger partial charge < -0.3 is 15.0 Å². The van der Waals surface area contributed by atoms with E-state index in [4.69, 9.17) is 4.74 Å². The predicted molar refractivity (Wildman–Crippen MR) is 97.4 cm³/mol. The lowest BCUT2D eigenvalue weighted by Crippen LogP contribution is -2.41. The summed E-state index contributed by atoms with van der Waals surface area (Å²) in [5.41, 5.74) is 0.800. The van der Waals surface area contributed by atoms with Crippen LogP contribution in [0.3, 0.4) is 0 Å². The number of rotatable bonds is 5. The molecule has 1 aromatic carbocycles. The van der Waals surface area contributed by atoms with Gasteiger partial charge in [-0.1, -0.05) is 12.1 Å². The van der Waals surface area contributed by atoms with E-state index < -0.39 is 0 Å². The standard InChI is InChI=1S/C18H20BrN3O3/c1-2-25-18(24)13-7-9-22(10-8-13)17(23)14(11-20)12-21-16-6-4-3-5-15(16)19/h3-6,12-13,21H,2,7-10H2,1H3/b14-12-. The molecule has 1 fully saturated rings. The molecule has 0 unspecified atom stereocenters. The zero-order chi connectivity index (χ0) is 18.2. The molecule has 132 valence electrons. The number of halogens is 1. The van der Waals surface area contributed by atoms with Crippen molar-refractivity contribution in [3.8, 4) is 6.07 Å². The number of amides is 1. The lowest BCUT2D eigenvalue weighted by Gasteiger charge is -2.30. The topological polar surface area (TPSA) is 82.4 Å². The number of esters is 1. The van der Waals surface area contributed by atoms with Crippen LogP contribution in [0.4, 0.5) is 5.69 Å². The highest BCUT2D eigenvalue weighted by Gasteiger charge is 2.29. The Bertz CT molecular complexity index is 704. The first-order valence-corrected chi connectivity index (χ1v) is 8.93. The van der Waals surface area contributed by atoms with Gasteiger partial charge in [0.2, 0.25) is 0 Å². The van der Waals surface area contributed by atoms with Gasteiger partial charge in [0.05, 0.1) is 18.2 Å². The predicted octanol–water partition coefficient (Wildman–Crippen LogP) is 3.07. The number of nitrogens with zero attached hydrogens (tertiary/aromatic N) is 2. The van der Waals surface area contributed by atoms with Gasteiger partial charge in [-0.15, -0.1) is 0 Å². The molecule has 1 amide bonds. The highest BCUT2D eigenvalue weighted by Crippen LogP contribution is 2.22. The second-order valence-electron chi connectivity index (χ2n) is 5.61. The minimum atomic E-state index is -0.329. The van der Waals surface area contributed by atoms with Crippen LogP contribution in [0.1, 0.15) is 19.8 Å². The number of anilines is 1. The van der Waals surface area contributed by atoms with Crippen LogP contribution in [0.25, 0.3) is 0 Å². The fourth-order valence-electron chi connectivity index (χ4n) is 2.62. The van der Waals surface area contributed by atoms with Gasteiger partial charge in [0.15, 0.2) is 0 Å². The number of benzene rings is 1. The molecule has 1 aromatic rings. The third-order valence-electron chi connectivity index (χ3n) is 4.00. The largest absolute Gasteiger partial charge is 0.466 e. The van der Waals surface area contributed by atoms with Gasteiger partial charge in [-0.25, -0.2) is 0 Å². The minimum Gasteiger partial charge on any atom is -0.466 e. The van der Waals surface area contributed by atoms with Crippen molar-refractivity contribution in [1.82, 2.24) is 4.90 Å². The molecule has 1 N–H and O–H groups in total. The van der Waals surface area contributed by atoms with Crippen LogP contribution >= 0.6 is 15.9 Å². The lowest BCUT2D eigenvalue weighted by molar-refractivity contribution is -0.150. The summed E-state index contributed by atoms with van der Waals surface area (Å²) in [7, 11) is 0. The molecule has 7 heteroatoms. The van der Waals surface area contributed by atoms with Gasteiger partial charge in [-0.05, 0) is 47.8 Å². The van der Waals surface area contributed by atoms with Crippen LogP contribution in [-0.2, 0) is 14.3 Å². The van der Waals surface area contributed by atoms with Crippen molar-refractivity contribution in [3.05, 3.63) is 40.5 Å². The Balaban J connectivity index is 1.97. The van der Waals surface area contributed by atoms with Crippen molar-refractivity contribution < 1.29 is 14.3 Å². The number of likely N-dealkylation sites (tertiary alicyclic amines) is 1. The molecular weight excluding hydrogens is 386 g/mol. The van der Waals surface area contributed by atoms with Gasteiger partial charge in [-0.3, -0.25) is 9.59 Å². The lowest BCUT2D eigenvalue weighted by atomic mass is 9.96. The molecule has 2 rings (SSSR count). The van der Waals surface area contributed by atoms with Crippen LogP contribution in [0, 0.1) is 17.2 Å². The number of para-hydroxylation sites is 1. The maximum Gasteiger partial charge on any atom is 0.309 e. The summed E-state index contributed by atoms with van der Waals surface area (Å²) in [6.07, 6.45) is 2.53. The van der Waals surface area contributed by atoms with Crippen LogP contribution in [0.2, 0.25) is 0 Å². The average Bonchev–Trinajstić information content (AvgIpc) is 2.63. The molecular formula is C18H20BrN3O3. The van der Waals surface area contributed by atoms with Gasteiger partial charge in [0.1, 0.15) is 11.6 Å². The highest BCUT2D eigenvalue weighted by molar-refractivity contribution is 9.10. The number of hydrogen-bond donors (Lipinski definition) is 1. The van der Waals surface area contributed by atoms with E-state index in [0.29, 0.717) is 32.5 Å². The van der Waals surface area contributed by atoms with Crippen molar-refractivity contribution in [2.45, 2.75) is 19.8 Å². The van der Waals surface area contributed by atoms with E-state index in [1.807, 2.05) is 30.3 Å². The second kappa shape index (κ2) is 9.23. The molecule has 25 heavy (non-hydrogen) atoms. The third-order valence-corrected chi connectivity index (χ3v) is 4.69. The van der Waals surface area contributed by atoms with Crippen molar-refractivity contribution in [2.75, 3.05) is 25.0 Å². The van der Waals surface area contributed by atoms with Crippen molar-refractivity contribution in [1.29, 1.82) is 5.26 Å². The van der Waals surface area contributed by atoms with E-state index in [0.717, 1.165) is 10.2 Å². The van der Waals surface area contributed by atoms with Crippen molar-refractivity contribution in [2.24, 2.45) is 5.92 Å². The van der Waals surface area contributed by atoms with E-state index in [1.165, 1.54) is 6.20 Å². The number of nitriles is 1. The fraction of sp³-hybridized carbons (Fsp3) is 0.389. The molecule has 1 heterocycles. The van der Waals surface area contributed by atoms with Gasteiger partial charge in [0.25, 0.3) is 5.91 Å². The molecule has 1 saturated heterocycles. The SMILES string of the molecule is CCOC(=O)C1CCN(C(=O)/C(C#N)=C\Nc2ccccc2Br)CC1. The van der Waals surface area contributed by atoms with E-state index in [2.05, 4.69) is 21.2 Å². The molecule has 6 nitrogen and oxygen atoms in total. The summed E-state index contributed by atoms with van der Waals surface area (Å²) in [5.74, 6) is -0.706. The normalized spacial score (nSPS) is 15.4. The summed E-state index contributed by atoms with van der Waals surface area (Å²) in [4.78, 5) is 25.9. The van der Waals surface area contributed by atoms with Crippen molar-refractivity contribution >= 4 is 33.5 Å². The molecule has 0 saturated carbocycles. The van der Waals surface area contributed by atoms with E-state index in [-0.39, 0.29) is 23.4 Å². The van der Waals surface area contributed by atoms with Crippen LogP contribution < -0.4 is 5.32 Å². The van der Waals surface area contributed by atoms with E-state index in [1.54, 1.807) is 11.8 Å². The first kappa shape index (κ1) is 19.0. The zero-order valence-electron chi connectivity index (χ0n) is 14.0. The summed E-state index contributed by atoms with van der Waals surface area (Å²) >= 11 is 3.40. The van der Waals surface area contributed by atoms with E-state index in [9.17, 15) is 14.9 Å². The van der Waals surface area contributed by atoms with Gasteiger partial charge in [0, 0.05) is 23.8 Å². The Labute approximate surface area is 155 Å². The molecule has 0 aromatic heterocycles. The molecule has 1 aliphatic heterocycles. The summed E-state index contributed by atoms with van der Waals surface area (Å²) < 4.78 is 5.86. The minimum absolute atomic E-state index is 0.0327. The number of piperidine rings is 1. The molecule has 0 spiro atoms. The first-order chi connectivity index (χ1) is 12.1. The number of carbonyl (C=O) groups is 2. The molecule has 1 aliphatic rings. The van der Waals surface area contributed by atoms with Crippen molar-refractivity contribution in [3.63, 3.8) is 0 Å². The fourth-order valence-corrected chi connectivity index (χ4v) is 3.02. The Morgan fingerprint density at radius 1 is 1.40 bits per heavy atom. The Morgan fingerprint density at radius 2 is 2.08 bits per heavy atom. The number of hydrogen-bond acceptors (Lipinski definition) is 5. The maximum atomic E-state index is 12.5. The van der Waals surface area contributed by atoms with Gasteiger partial charge >= 0.3 is 5.97 Å². The summed E-state index contributed by atoms with van der Waals surface area (Å²) in [6, 6.07) is 9.38. The number of ether oxygens (including phenoxy) is 1. The quantitative estimate of drug-likeness (QED) is 0.462. The maximum absolute atomic E-state index is 12.5. The van der Waals surface area contributed by atoms with E-state index >= 15 is 0 Å². The highest BCUT2D eigenvalue weighted by atomic mass is 79.9. The molecule has 0 aliphatic carbocycles. The molecule has 0 atom stereocenters. The van der Waals surface area contributed by atoms with Gasteiger partial charge in [-0.2, -0.15) is 5.26 Å². The average molecular weight is 406 g/mol. The number of carbonyl (C=O) groups excluding carboxylic acids is 2. The zero-order valence-corrected chi connectivity index (χ0v) is 15.6. The van der Waals surface area contributed by atoms with Crippen LogP contribution in [0.5, 0.6) is 0 Å². The summed E-state index contributed by atoms with van der Waals surface area (Å²) in [5, 5.41) is 12.3. The molecule has 0 bridgehead atoms. The Kier molecular flexibility index (Phi) is 7.02. The second-order valence-corrected chi connectivity index (χ2v) is 6.47. The Morgan fingerprint density at radius 3 is 2.68 bits per heavy atom. The third kappa shape index (κ3) is 5.07. The molecule has 0 radical (unpaired) electrons. The first-order valence-electron chi connectivity index (χ1n) is 8.14. The Hall–Kier alpha value is -2.33. The smallest absolute Gasteiger partial charge is 0.309 e. The number of nitrogens with one attached hydrogen (secondary N) is 1. The van der Waals surface area contributed by atoms with Crippen LogP contribution in [0.15, 0.2) is 40.5 Å².